The first-order valence-electron chi connectivity index (χ1n) is 13.5. The number of allylic oxidation sites excluding steroid dienone is 4. The predicted octanol–water partition coefficient (Wildman–Crippen LogP) is 2.29. The van der Waals surface area contributed by atoms with E-state index in [-0.39, 0.29) is 34.9 Å². The third kappa shape index (κ3) is 8.98. The molecule has 1 aliphatic heterocycles. The van der Waals surface area contributed by atoms with Crippen LogP contribution in [0.1, 0.15) is 47.5 Å². The minimum atomic E-state index is -1.02. The zero-order valence-electron chi connectivity index (χ0n) is 25.1. The molecule has 2 aliphatic rings. The molecule has 5 N–H and O–H groups in total. The Balaban J connectivity index is 2.67. The van der Waals surface area contributed by atoms with Crippen LogP contribution in [0.5, 0.6) is 0 Å². The van der Waals surface area contributed by atoms with Crippen molar-refractivity contribution in [1.29, 1.82) is 0 Å². The maximum absolute atomic E-state index is 13.3. The molecular formula is C30H41N3O9. The molecule has 12 heteroatoms. The second-order valence-corrected chi connectivity index (χ2v) is 10.6. The Bertz CT molecular complexity index is 1240. The number of nitrogens with two attached hydrogens (primary N) is 2. The molecule has 12 nitrogen and oxygen atoms in total. The summed E-state index contributed by atoms with van der Waals surface area (Å²) in [6, 6.07) is 0. The third-order valence-electron chi connectivity index (χ3n) is 7.10. The summed E-state index contributed by atoms with van der Waals surface area (Å²) in [5.74, 6) is -2.97. The Morgan fingerprint density at radius 1 is 1.05 bits per heavy atom. The highest BCUT2D eigenvalue weighted by Crippen LogP contribution is 2.29. The smallest absolute Gasteiger partial charge is 0.405 e. The van der Waals surface area contributed by atoms with Crippen LogP contribution in [0.2, 0.25) is 0 Å². The first-order valence-corrected chi connectivity index (χ1v) is 13.5. The van der Waals surface area contributed by atoms with Gasteiger partial charge in [0.1, 0.15) is 12.2 Å². The molecule has 0 radical (unpaired) electrons. The number of carbonyl (C=O) groups is 5. The average molecular weight is 588 g/mol. The Labute approximate surface area is 245 Å². The molecule has 0 aromatic carbocycles. The number of amides is 2. The molecule has 0 fully saturated rings. The van der Waals surface area contributed by atoms with Crippen molar-refractivity contribution in [2.45, 2.75) is 71.9 Å². The van der Waals surface area contributed by atoms with E-state index in [9.17, 15) is 24.0 Å². The molecule has 6 atom stereocenters. The van der Waals surface area contributed by atoms with Crippen LogP contribution in [0, 0.1) is 11.8 Å². The summed E-state index contributed by atoms with van der Waals surface area (Å²) in [6.45, 7) is 8.20. The van der Waals surface area contributed by atoms with Gasteiger partial charge in [-0.05, 0) is 38.2 Å². The number of carbonyl (C=O) groups excluding carboxylic acids is 5. The Morgan fingerprint density at radius 3 is 2.29 bits per heavy atom. The second-order valence-electron chi connectivity index (χ2n) is 10.6. The molecule has 1 heterocycles. The van der Waals surface area contributed by atoms with Gasteiger partial charge in [-0.25, -0.2) is 4.79 Å². The van der Waals surface area contributed by atoms with Gasteiger partial charge in [-0.2, -0.15) is 0 Å². The van der Waals surface area contributed by atoms with Crippen LogP contribution in [-0.4, -0.2) is 68.2 Å². The van der Waals surface area contributed by atoms with Crippen molar-refractivity contribution in [1.82, 2.24) is 5.32 Å². The summed E-state index contributed by atoms with van der Waals surface area (Å²) in [4.78, 5) is 62.7. The van der Waals surface area contributed by atoms with Crippen LogP contribution < -0.4 is 16.8 Å². The number of fused-ring (bicyclic) bond motifs is 2. The van der Waals surface area contributed by atoms with E-state index in [4.69, 9.17) is 30.4 Å². The van der Waals surface area contributed by atoms with Crippen LogP contribution in [0.25, 0.3) is 0 Å². The van der Waals surface area contributed by atoms with Crippen LogP contribution in [0.15, 0.2) is 58.5 Å². The highest BCUT2D eigenvalue weighted by molar-refractivity contribution is 6.23. The molecule has 4 unspecified atom stereocenters. The fraction of sp³-hybridized carbons (Fsp3) is 0.500. The van der Waals surface area contributed by atoms with Gasteiger partial charge in [0.15, 0.2) is 6.10 Å². The normalized spacial score (nSPS) is 31.6. The fourth-order valence-electron chi connectivity index (χ4n) is 4.97. The number of esters is 1. The molecule has 2 bridgehead atoms. The van der Waals surface area contributed by atoms with Gasteiger partial charge < -0.3 is 35.7 Å². The molecule has 42 heavy (non-hydrogen) atoms. The van der Waals surface area contributed by atoms with Crippen LogP contribution in [0.3, 0.4) is 0 Å². The van der Waals surface area contributed by atoms with Crippen LogP contribution >= 0.6 is 0 Å². The second kappa shape index (κ2) is 15.3. The molecule has 2 rings (SSSR count). The molecule has 0 saturated carbocycles. The number of primary amides is 1. The molecule has 0 aromatic heterocycles. The predicted molar refractivity (Wildman–Crippen MR) is 153 cm³/mol. The van der Waals surface area contributed by atoms with E-state index < -0.39 is 59.9 Å². The number of rotatable bonds is 4. The fourth-order valence-corrected chi connectivity index (χ4v) is 4.97. The van der Waals surface area contributed by atoms with Gasteiger partial charge in [0.25, 0.3) is 5.91 Å². The monoisotopic (exact) mass is 587 g/mol. The first kappa shape index (κ1) is 34.2. The molecular weight excluding hydrogens is 546 g/mol. The molecule has 0 aromatic rings. The van der Waals surface area contributed by atoms with Gasteiger partial charge in [0.2, 0.25) is 11.6 Å². The van der Waals surface area contributed by atoms with E-state index >= 15 is 0 Å². The number of nitrogens with one attached hydrogen (secondary N) is 1. The standard InChI is InChI=1S/C30H41N3O9/c1-15-11-20-25(31)22(35)14-21(26(20)36)33-29(37)16(2)9-8-10-23(39-6)27(42-30(32)38)17(3)13-18(4)28(41-19(5)34)24(12-15)40-7/h8-10,13-15,18,23-24,27-28H,11-12,31H2,1-7H3,(H2,32,38)(H,33,37)/b10-8-,16-9+,17-13+/t15?,18-,23?,24?,27?,28+/m0/s1. The van der Waals surface area contributed by atoms with Crippen molar-refractivity contribution in [2.75, 3.05) is 14.2 Å². The van der Waals surface area contributed by atoms with Crippen molar-refractivity contribution in [2.24, 2.45) is 23.3 Å². The van der Waals surface area contributed by atoms with Crippen molar-refractivity contribution >= 4 is 29.5 Å². The van der Waals surface area contributed by atoms with Gasteiger partial charge >= 0.3 is 12.1 Å². The number of hydrogen-bond acceptors (Lipinski definition) is 10. The topological polar surface area (TPSA) is 186 Å². The quantitative estimate of drug-likeness (QED) is 0.250. The lowest BCUT2D eigenvalue weighted by Crippen LogP contribution is -2.39. The maximum atomic E-state index is 13.3. The van der Waals surface area contributed by atoms with Gasteiger partial charge in [-0.15, -0.1) is 0 Å². The first-order chi connectivity index (χ1) is 19.7. The number of hydrogen-bond donors (Lipinski definition) is 3. The highest BCUT2D eigenvalue weighted by Gasteiger charge is 2.34. The summed E-state index contributed by atoms with van der Waals surface area (Å²) < 4.78 is 22.4. The Hall–Kier alpha value is -4.03. The van der Waals surface area contributed by atoms with Gasteiger partial charge in [0.05, 0.1) is 17.5 Å². The third-order valence-corrected chi connectivity index (χ3v) is 7.10. The summed E-state index contributed by atoms with van der Waals surface area (Å²) in [7, 11) is 2.90. The van der Waals surface area contributed by atoms with Gasteiger partial charge in [-0.3, -0.25) is 19.2 Å². The van der Waals surface area contributed by atoms with Crippen molar-refractivity contribution in [3.05, 3.63) is 58.5 Å². The summed E-state index contributed by atoms with van der Waals surface area (Å²) in [5.41, 5.74) is 11.9. The summed E-state index contributed by atoms with van der Waals surface area (Å²) in [5, 5.41) is 2.50. The zero-order valence-corrected chi connectivity index (χ0v) is 25.1. The maximum Gasteiger partial charge on any atom is 0.405 e. The highest BCUT2D eigenvalue weighted by atomic mass is 16.6. The lowest BCUT2D eigenvalue weighted by Gasteiger charge is -2.32. The Kier molecular flexibility index (Phi) is 12.4. The van der Waals surface area contributed by atoms with E-state index in [0.29, 0.717) is 12.0 Å². The van der Waals surface area contributed by atoms with Gasteiger partial charge in [0, 0.05) is 44.3 Å². The van der Waals surface area contributed by atoms with Crippen LogP contribution in [-0.2, 0) is 38.1 Å². The SMILES string of the molecule is COC1/C=C\C=C(/C)C(=O)NC2=CC(=O)C(N)=C(CC(C)CC(OC)[C@H](OC(C)=O)[C@@H](C)/C=C(\C)C1OC(N)=O)C2=O. The lowest BCUT2D eigenvalue weighted by molar-refractivity contribution is -0.157. The Morgan fingerprint density at radius 2 is 1.71 bits per heavy atom. The summed E-state index contributed by atoms with van der Waals surface area (Å²) in [6.07, 6.45) is 3.62. The number of methoxy groups -OCH3 is 2. The number of ether oxygens (including phenoxy) is 4. The van der Waals surface area contributed by atoms with E-state index in [1.807, 2.05) is 13.8 Å². The van der Waals surface area contributed by atoms with Crippen molar-refractivity contribution in [3.63, 3.8) is 0 Å². The molecule has 1 aliphatic carbocycles. The van der Waals surface area contributed by atoms with Crippen molar-refractivity contribution in [3.8, 4) is 0 Å². The molecule has 0 saturated heterocycles. The van der Waals surface area contributed by atoms with Crippen molar-refractivity contribution < 1.29 is 42.9 Å². The minimum Gasteiger partial charge on any atom is -0.459 e. The molecule has 2 amide bonds. The van der Waals surface area contributed by atoms with E-state index in [0.717, 1.165) is 6.08 Å². The largest absolute Gasteiger partial charge is 0.459 e. The average Bonchev–Trinajstić information content (AvgIpc) is 2.91. The lowest BCUT2D eigenvalue weighted by atomic mass is 9.85. The van der Waals surface area contributed by atoms with E-state index in [2.05, 4.69) is 5.32 Å². The number of ketones is 2. The van der Waals surface area contributed by atoms with E-state index in [1.54, 1.807) is 19.1 Å². The van der Waals surface area contributed by atoms with Gasteiger partial charge in [-0.1, -0.05) is 38.2 Å². The zero-order chi connectivity index (χ0) is 31.7. The molecule has 0 spiro atoms. The van der Waals surface area contributed by atoms with E-state index in [1.165, 1.54) is 40.2 Å². The number of Topliss-reactive ketones (excluding diaryl/α,β-unsaturated/α-hetero) is 1. The summed E-state index contributed by atoms with van der Waals surface area (Å²) >= 11 is 0. The van der Waals surface area contributed by atoms with Crippen LogP contribution in [0.4, 0.5) is 4.79 Å². The minimum absolute atomic E-state index is 0.0850. The molecule has 230 valence electrons.